The van der Waals surface area contributed by atoms with Crippen LogP contribution in [0.3, 0.4) is 0 Å². The lowest BCUT2D eigenvalue weighted by Crippen LogP contribution is -2.35. The Hall–Kier alpha value is -3.87. The van der Waals surface area contributed by atoms with Crippen LogP contribution in [0.15, 0.2) is 73.1 Å². The summed E-state index contributed by atoms with van der Waals surface area (Å²) in [7, 11) is 0. The van der Waals surface area contributed by atoms with Crippen LogP contribution in [0.4, 0.5) is 17.1 Å². The quantitative estimate of drug-likeness (QED) is 0.444. The molecule has 2 heterocycles. The van der Waals surface area contributed by atoms with E-state index in [-0.39, 0.29) is 5.69 Å². The SMILES string of the molecule is Cc1ccc(Oc2ccc(N3C=CCN3c3ccc([N+](=O)[O-])cc3)cc2C)cn1. The molecule has 0 atom stereocenters. The summed E-state index contributed by atoms with van der Waals surface area (Å²) in [4.78, 5) is 14.8. The molecule has 0 radical (unpaired) electrons. The van der Waals surface area contributed by atoms with Crippen molar-refractivity contribution >= 4 is 17.1 Å². The van der Waals surface area contributed by atoms with Gasteiger partial charge >= 0.3 is 0 Å². The largest absolute Gasteiger partial charge is 0.455 e. The highest BCUT2D eigenvalue weighted by Crippen LogP contribution is 2.32. The second-order valence-corrected chi connectivity index (χ2v) is 6.77. The molecule has 0 N–H and O–H groups in total. The normalized spacial score (nSPS) is 13.0. The number of non-ortho nitro benzene ring substituents is 1. The fourth-order valence-corrected chi connectivity index (χ4v) is 3.15. The Morgan fingerprint density at radius 1 is 1.03 bits per heavy atom. The van der Waals surface area contributed by atoms with E-state index in [1.807, 2.05) is 66.5 Å². The third-order valence-electron chi connectivity index (χ3n) is 4.68. The number of ether oxygens (including phenoxy) is 1. The zero-order chi connectivity index (χ0) is 20.4. The Bertz CT molecular complexity index is 1060. The molecular formula is C22H20N4O3. The third-order valence-corrected chi connectivity index (χ3v) is 4.68. The molecular weight excluding hydrogens is 368 g/mol. The number of pyridine rings is 1. The minimum absolute atomic E-state index is 0.0791. The van der Waals surface area contributed by atoms with Crippen molar-refractivity contribution in [1.82, 2.24) is 4.98 Å². The predicted octanol–water partition coefficient (Wildman–Crippen LogP) is 5.15. The molecule has 0 unspecified atom stereocenters. The minimum atomic E-state index is -0.393. The maximum absolute atomic E-state index is 10.9. The van der Waals surface area contributed by atoms with Crippen molar-refractivity contribution in [2.24, 2.45) is 0 Å². The number of nitro groups is 1. The van der Waals surface area contributed by atoms with Gasteiger partial charge in [-0.1, -0.05) is 0 Å². The van der Waals surface area contributed by atoms with Crippen molar-refractivity contribution in [2.45, 2.75) is 13.8 Å². The third kappa shape index (κ3) is 3.89. The minimum Gasteiger partial charge on any atom is -0.455 e. The van der Waals surface area contributed by atoms with Crippen molar-refractivity contribution in [3.8, 4) is 11.5 Å². The lowest BCUT2D eigenvalue weighted by molar-refractivity contribution is -0.384. The molecule has 1 aromatic heterocycles. The van der Waals surface area contributed by atoms with Crippen molar-refractivity contribution in [2.75, 3.05) is 16.6 Å². The van der Waals surface area contributed by atoms with Gasteiger partial charge in [-0.05, 0) is 68.0 Å². The molecule has 0 saturated heterocycles. The van der Waals surface area contributed by atoms with Crippen molar-refractivity contribution in [3.63, 3.8) is 0 Å². The van der Waals surface area contributed by atoms with Gasteiger partial charge in [0, 0.05) is 24.0 Å². The van der Waals surface area contributed by atoms with Crippen molar-refractivity contribution in [1.29, 1.82) is 0 Å². The van der Waals surface area contributed by atoms with E-state index in [9.17, 15) is 10.1 Å². The molecule has 1 aliphatic rings. The summed E-state index contributed by atoms with van der Waals surface area (Å²) in [5.74, 6) is 1.46. The van der Waals surface area contributed by atoms with Gasteiger partial charge in [-0.3, -0.25) is 25.1 Å². The standard InChI is InChI=1S/C22H20N4O3/c1-16-14-20(9-11-22(16)29-21-10-4-17(2)23-15-21)25-13-3-12-24(25)18-5-7-19(8-6-18)26(27)28/h3-11,13-15H,12H2,1-2H3. The number of nitro benzene ring substituents is 1. The Morgan fingerprint density at radius 2 is 1.79 bits per heavy atom. The first kappa shape index (κ1) is 18.5. The summed E-state index contributed by atoms with van der Waals surface area (Å²) < 4.78 is 5.95. The van der Waals surface area contributed by atoms with Crippen LogP contribution < -0.4 is 14.8 Å². The Kier molecular flexibility index (Phi) is 4.87. The number of hydrazine groups is 1. The monoisotopic (exact) mass is 388 g/mol. The van der Waals surface area contributed by atoms with Crippen LogP contribution in [0.1, 0.15) is 11.3 Å². The fourth-order valence-electron chi connectivity index (χ4n) is 3.15. The number of hydrogen-bond acceptors (Lipinski definition) is 6. The molecule has 0 fully saturated rings. The van der Waals surface area contributed by atoms with Crippen LogP contribution in [0.2, 0.25) is 0 Å². The summed E-state index contributed by atoms with van der Waals surface area (Å²) in [6.07, 6.45) is 5.74. The van der Waals surface area contributed by atoms with E-state index in [1.54, 1.807) is 18.3 Å². The average Bonchev–Trinajstić information content (AvgIpc) is 3.21. The lowest BCUT2D eigenvalue weighted by atomic mass is 10.2. The number of anilines is 2. The molecule has 7 nitrogen and oxygen atoms in total. The van der Waals surface area contributed by atoms with Crippen molar-refractivity contribution in [3.05, 3.63) is 94.4 Å². The summed E-state index contributed by atoms with van der Waals surface area (Å²) in [6, 6.07) is 16.3. The van der Waals surface area contributed by atoms with Gasteiger partial charge in [-0.25, -0.2) is 0 Å². The summed E-state index contributed by atoms with van der Waals surface area (Å²) >= 11 is 0. The van der Waals surface area contributed by atoms with Gasteiger partial charge in [0.2, 0.25) is 0 Å². The number of rotatable bonds is 5. The smallest absolute Gasteiger partial charge is 0.269 e. The average molecular weight is 388 g/mol. The predicted molar refractivity (Wildman–Crippen MR) is 112 cm³/mol. The molecule has 1 aliphatic heterocycles. The fraction of sp³-hybridized carbons (Fsp3) is 0.136. The van der Waals surface area contributed by atoms with Crippen LogP contribution >= 0.6 is 0 Å². The highest BCUT2D eigenvalue weighted by atomic mass is 16.6. The van der Waals surface area contributed by atoms with Crippen LogP contribution in [0.5, 0.6) is 11.5 Å². The highest BCUT2D eigenvalue weighted by molar-refractivity contribution is 5.65. The van der Waals surface area contributed by atoms with Gasteiger partial charge in [0.1, 0.15) is 11.5 Å². The lowest BCUT2D eigenvalue weighted by Gasteiger charge is -2.31. The molecule has 0 spiro atoms. The van der Waals surface area contributed by atoms with E-state index in [0.29, 0.717) is 12.3 Å². The van der Waals surface area contributed by atoms with Crippen LogP contribution in [0, 0.1) is 24.0 Å². The topological polar surface area (TPSA) is 71.7 Å². The zero-order valence-corrected chi connectivity index (χ0v) is 16.1. The summed E-state index contributed by atoms with van der Waals surface area (Å²) in [6.45, 7) is 4.62. The second-order valence-electron chi connectivity index (χ2n) is 6.77. The Balaban J connectivity index is 1.55. The van der Waals surface area contributed by atoms with Gasteiger partial charge in [0.15, 0.2) is 0 Å². The van der Waals surface area contributed by atoms with Gasteiger partial charge < -0.3 is 4.74 Å². The van der Waals surface area contributed by atoms with Gasteiger partial charge in [-0.15, -0.1) is 0 Å². The number of hydrogen-bond donors (Lipinski definition) is 0. The molecule has 0 bridgehead atoms. The van der Waals surface area contributed by atoms with Crippen LogP contribution in [-0.2, 0) is 0 Å². The van der Waals surface area contributed by atoms with E-state index in [0.717, 1.165) is 28.4 Å². The molecule has 0 aliphatic carbocycles. The van der Waals surface area contributed by atoms with Crippen LogP contribution in [-0.4, -0.2) is 16.5 Å². The number of aromatic nitrogens is 1. The van der Waals surface area contributed by atoms with E-state index in [4.69, 9.17) is 4.74 Å². The maximum Gasteiger partial charge on any atom is 0.269 e. The first-order valence-corrected chi connectivity index (χ1v) is 9.20. The molecule has 2 aromatic carbocycles. The van der Waals surface area contributed by atoms with E-state index in [2.05, 4.69) is 4.98 Å². The number of benzene rings is 2. The second kappa shape index (κ2) is 7.63. The van der Waals surface area contributed by atoms with E-state index in [1.165, 1.54) is 12.1 Å². The first-order valence-electron chi connectivity index (χ1n) is 9.20. The molecule has 3 aromatic rings. The molecule has 4 rings (SSSR count). The number of nitrogens with zero attached hydrogens (tertiary/aromatic N) is 4. The summed E-state index contributed by atoms with van der Waals surface area (Å²) in [5, 5.41) is 15.0. The van der Waals surface area contributed by atoms with E-state index >= 15 is 0 Å². The summed E-state index contributed by atoms with van der Waals surface area (Å²) in [5.41, 5.74) is 3.87. The van der Waals surface area contributed by atoms with Crippen molar-refractivity contribution < 1.29 is 9.66 Å². The van der Waals surface area contributed by atoms with Gasteiger partial charge in [0.05, 0.1) is 29.0 Å². The molecule has 7 heteroatoms. The first-order chi connectivity index (χ1) is 14.0. The molecule has 146 valence electrons. The Labute approximate surface area is 168 Å². The van der Waals surface area contributed by atoms with Crippen LogP contribution in [0.25, 0.3) is 0 Å². The highest BCUT2D eigenvalue weighted by Gasteiger charge is 2.20. The molecule has 0 amide bonds. The van der Waals surface area contributed by atoms with E-state index < -0.39 is 4.92 Å². The molecule has 29 heavy (non-hydrogen) atoms. The number of aryl methyl sites for hydroxylation is 2. The maximum atomic E-state index is 10.9. The van der Waals surface area contributed by atoms with Gasteiger partial charge in [-0.2, -0.15) is 0 Å². The zero-order valence-electron chi connectivity index (χ0n) is 16.1. The molecule has 0 saturated carbocycles. The van der Waals surface area contributed by atoms with Gasteiger partial charge in [0.25, 0.3) is 5.69 Å². The Morgan fingerprint density at radius 3 is 2.45 bits per heavy atom.